The first-order chi connectivity index (χ1) is 9.95. The Kier molecular flexibility index (Phi) is 10.7. The van der Waals surface area contributed by atoms with Gasteiger partial charge in [0, 0.05) is 0 Å². The maximum absolute atomic E-state index is 12.6. The van der Waals surface area contributed by atoms with E-state index in [2.05, 4.69) is 5.32 Å². The number of unbranched alkanes of at least 4 members (excludes halogenated alkanes) is 1. The van der Waals surface area contributed by atoms with Crippen LogP contribution >= 0.6 is 7.60 Å². The van der Waals surface area contributed by atoms with Crippen LogP contribution in [0.1, 0.15) is 47.0 Å². The Morgan fingerprint density at radius 2 is 1.71 bits per heavy atom. The molecule has 0 aromatic heterocycles. The van der Waals surface area contributed by atoms with Crippen LogP contribution in [0.5, 0.6) is 0 Å². The molecule has 0 fully saturated rings. The van der Waals surface area contributed by atoms with E-state index in [4.69, 9.17) is 13.8 Å². The SMILES string of the molecule is CCCCC(NC(=O)OCC)C(O)P(=O)(OCC)OCC. The second kappa shape index (κ2) is 11.0. The minimum atomic E-state index is -3.70. The molecule has 21 heavy (non-hydrogen) atoms. The zero-order valence-electron chi connectivity index (χ0n) is 13.3. The van der Waals surface area contributed by atoms with Crippen molar-refractivity contribution >= 4 is 13.7 Å². The summed E-state index contributed by atoms with van der Waals surface area (Å²) in [5, 5.41) is 12.9. The Morgan fingerprint density at radius 1 is 1.14 bits per heavy atom. The molecule has 1 amide bonds. The quantitative estimate of drug-likeness (QED) is 0.567. The summed E-state index contributed by atoms with van der Waals surface area (Å²) in [7, 11) is -3.70. The Hall–Kier alpha value is -0.620. The van der Waals surface area contributed by atoms with Crippen molar-refractivity contribution in [3.63, 3.8) is 0 Å². The third-order valence-corrected chi connectivity index (χ3v) is 4.99. The maximum atomic E-state index is 12.6. The Morgan fingerprint density at radius 3 is 2.14 bits per heavy atom. The molecule has 0 aliphatic heterocycles. The number of hydrogen-bond donors (Lipinski definition) is 2. The number of carbonyl (C=O) groups is 1. The summed E-state index contributed by atoms with van der Waals surface area (Å²) >= 11 is 0. The van der Waals surface area contributed by atoms with E-state index in [0.29, 0.717) is 6.42 Å². The number of alkyl carbamates (subject to hydrolysis) is 1. The van der Waals surface area contributed by atoms with Gasteiger partial charge in [-0.25, -0.2) is 4.79 Å². The van der Waals surface area contributed by atoms with Crippen molar-refractivity contribution in [3.8, 4) is 0 Å². The van der Waals surface area contributed by atoms with Crippen molar-refractivity contribution in [2.45, 2.75) is 58.8 Å². The van der Waals surface area contributed by atoms with E-state index in [1.54, 1.807) is 20.8 Å². The highest BCUT2D eigenvalue weighted by Crippen LogP contribution is 2.53. The van der Waals surface area contributed by atoms with Gasteiger partial charge in [0.2, 0.25) is 0 Å². The molecule has 2 atom stereocenters. The van der Waals surface area contributed by atoms with Crippen LogP contribution in [0, 0.1) is 0 Å². The summed E-state index contributed by atoms with van der Waals surface area (Å²) < 4.78 is 27.6. The van der Waals surface area contributed by atoms with Gasteiger partial charge in [-0.3, -0.25) is 4.57 Å². The normalized spacial score (nSPS) is 14.5. The van der Waals surface area contributed by atoms with Crippen LogP contribution in [-0.4, -0.2) is 42.9 Å². The summed E-state index contributed by atoms with van der Waals surface area (Å²) in [5.74, 6) is -1.42. The van der Waals surface area contributed by atoms with E-state index < -0.39 is 25.6 Å². The minimum absolute atomic E-state index is 0.147. The average molecular weight is 325 g/mol. The van der Waals surface area contributed by atoms with E-state index in [-0.39, 0.29) is 19.8 Å². The lowest BCUT2D eigenvalue weighted by atomic mass is 10.1. The molecule has 7 nitrogen and oxygen atoms in total. The fraction of sp³-hybridized carbons (Fsp3) is 0.923. The van der Waals surface area contributed by atoms with E-state index in [9.17, 15) is 14.5 Å². The largest absolute Gasteiger partial charge is 0.450 e. The lowest BCUT2D eigenvalue weighted by Gasteiger charge is -2.29. The lowest BCUT2D eigenvalue weighted by Crippen LogP contribution is -2.44. The van der Waals surface area contributed by atoms with Gasteiger partial charge in [-0.2, -0.15) is 0 Å². The zero-order chi connectivity index (χ0) is 16.3. The van der Waals surface area contributed by atoms with Crippen molar-refractivity contribution < 1.29 is 28.3 Å². The molecule has 0 aromatic carbocycles. The first-order valence-electron chi connectivity index (χ1n) is 7.45. The molecule has 0 bridgehead atoms. The predicted octanol–water partition coefficient (Wildman–Crippen LogP) is 2.88. The molecule has 0 spiro atoms. The molecule has 8 heteroatoms. The minimum Gasteiger partial charge on any atom is -0.450 e. The molecule has 2 unspecified atom stereocenters. The number of amides is 1. The smallest absolute Gasteiger partial charge is 0.407 e. The highest BCUT2D eigenvalue weighted by molar-refractivity contribution is 7.54. The van der Waals surface area contributed by atoms with Crippen molar-refractivity contribution in [1.29, 1.82) is 0 Å². The first-order valence-corrected chi connectivity index (χ1v) is 9.06. The topological polar surface area (TPSA) is 94.1 Å². The molecule has 0 rings (SSSR count). The second-order valence-electron chi connectivity index (χ2n) is 4.40. The number of nitrogens with one attached hydrogen (secondary N) is 1. The summed E-state index contributed by atoms with van der Waals surface area (Å²) in [6, 6.07) is -0.743. The van der Waals surface area contributed by atoms with Crippen molar-refractivity contribution in [2.24, 2.45) is 0 Å². The van der Waals surface area contributed by atoms with Crippen molar-refractivity contribution in [3.05, 3.63) is 0 Å². The van der Waals surface area contributed by atoms with E-state index in [1.807, 2.05) is 6.92 Å². The number of rotatable bonds is 11. The molecule has 2 N–H and O–H groups in total. The molecule has 0 heterocycles. The first kappa shape index (κ1) is 20.4. The summed E-state index contributed by atoms with van der Waals surface area (Å²) in [6.45, 7) is 7.51. The van der Waals surface area contributed by atoms with Crippen molar-refractivity contribution in [2.75, 3.05) is 19.8 Å². The van der Waals surface area contributed by atoms with Gasteiger partial charge in [0.25, 0.3) is 0 Å². The Bertz CT molecular complexity index is 329. The van der Waals surface area contributed by atoms with Crippen LogP contribution in [-0.2, 0) is 18.3 Å². The third kappa shape index (κ3) is 7.27. The molecule has 0 saturated heterocycles. The summed E-state index contributed by atoms with van der Waals surface area (Å²) in [5.41, 5.74) is 0. The van der Waals surface area contributed by atoms with E-state index in [0.717, 1.165) is 12.8 Å². The summed E-state index contributed by atoms with van der Waals surface area (Å²) in [4.78, 5) is 11.5. The van der Waals surface area contributed by atoms with Gasteiger partial charge >= 0.3 is 13.7 Å². The predicted molar refractivity (Wildman–Crippen MR) is 80.3 cm³/mol. The molecule has 126 valence electrons. The van der Waals surface area contributed by atoms with Gasteiger partial charge in [0.05, 0.1) is 25.9 Å². The Labute approximate surface area is 126 Å². The van der Waals surface area contributed by atoms with Gasteiger partial charge in [0.1, 0.15) is 0 Å². The highest BCUT2D eigenvalue weighted by atomic mass is 31.2. The molecule has 0 aliphatic rings. The lowest BCUT2D eigenvalue weighted by molar-refractivity contribution is 0.108. The van der Waals surface area contributed by atoms with Crippen LogP contribution in [0.3, 0.4) is 0 Å². The van der Waals surface area contributed by atoms with Crippen LogP contribution in [0.4, 0.5) is 4.79 Å². The van der Waals surface area contributed by atoms with Crippen LogP contribution in [0.2, 0.25) is 0 Å². The summed E-state index contributed by atoms with van der Waals surface area (Å²) in [6.07, 6.45) is 1.44. The number of carbonyl (C=O) groups excluding carboxylic acids is 1. The highest BCUT2D eigenvalue weighted by Gasteiger charge is 2.40. The number of ether oxygens (including phenoxy) is 1. The number of aliphatic hydroxyl groups excluding tert-OH is 1. The van der Waals surface area contributed by atoms with E-state index in [1.165, 1.54) is 0 Å². The van der Waals surface area contributed by atoms with Crippen LogP contribution < -0.4 is 5.32 Å². The number of hydrogen-bond acceptors (Lipinski definition) is 6. The molecule has 0 aliphatic carbocycles. The van der Waals surface area contributed by atoms with Crippen molar-refractivity contribution in [1.82, 2.24) is 5.32 Å². The van der Waals surface area contributed by atoms with Gasteiger partial charge < -0.3 is 24.2 Å². The maximum Gasteiger partial charge on any atom is 0.407 e. The third-order valence-electron chi connectivity index (χ3n) is 2.75. The average Bonchev–Trinajstić information content (AvgIpc) is 2.43. The number of aliphatic hydroxyl groups is 1. The Balaban J connectivity index is 4.99. The molecule has 0 radical (unpaired) electrons. The van der Waals surface area contributed by atoms with Crippen LogP contribution in [0.15, 0.2) is 0 Å². The fourth-order valence-electron chi connectivity index (χ4n) is 1.81. The molecular formula is C13H28NO6P. The van der Waals surface area contributed by atoms with Gasteiger partial charge in [0.15, 0.2) is 5.85 Å². The molecular weight excluding hydrogens is 297 g/mol. The standard InChI is InChI=1S/C13H28NO6P/c1-5-9-10-11(14-13(16)18-6-2)12(15)21(17,19-7-3)20-8-4/h11-12,15H,5-10H2,1-4H3,(H,14,16). The van der Waals surface area contributed by atoms with Gasteiger partial charge in [-0.05, 0) is 27.2 Å². The van der Waals surface area contributed by atoms with Gasteiger partial charge in [-0.1, -0.05) is 19.8 Å². The van der Waals surface area contributed by atoms with E-state index >= 15 is 0 Å². The molecule has 0 saturated carbocycles. The fourth-order valence-corrected chi connectivity index (χ4v) is 3.58. The van der Waals surface area contributed by atoms with Gasteiger partial charge in [-0.15, -0.1) is 0 Å². The molecule has 0 aromatic rings. The zero-order valence-corrected chi connectivity index (χ0v) is 14.2. The second-order valence-corrected chi connectivity index (χ2v) is 6.53. The monoisotopic (exact) mass is 325 g/mol. The van der Waals surface area contributed by atoms with Crippen LogP contribution in [0.25, 0.3) is 0 Å².